The monoisotopic (exact) mass is 413 g/mol. The molecule has 0 radical (unpaired) electrons. The highest BCUT2D eigenvalue weighted by Gasteiger charge is 2.21. The number of aromatic nitrogens is 2. The Kier molecular flexibility index (Phi) is 6.74. The summed E-state index contributed by atoms with van der Waals surface area (Å²) in [7, 11) is 1.74. The van der Waals surface area contributed by atoms with Gasteiger partial charge in [-0.1, -0.05) is 23.7 Å². The molecular weight excluding hydrogens is 386 g/mol. The minimum Gasteiger partial charge on any atom is -0.383 e. The normalized spacial score (nSPS) is 21.0. The van der Waals surface area contributed by atoms with E-state index >= 15 is 0 Å². The van der Waals surface area contributed by atoms with Gasteiger partial charge in [0.1, 0.15) is 0 Å². The number of fused-ring (bicyclic) bond motifs is 1. The molecule has 2 aliphatic rings. The molecule has 0 spiro atoms. The van der Waals surface area contributed by atoms with Crippen molar-refractivity contribution in [2.75, 3.05) is 32.1 Å². The molecule has 1 aliphatic heterocycles. The van der Waals surface area contributed by atoms with E-state index in [0.29, 0.717) is 23.1 Å². The van der Waals surface area contributed by atoms with Crippen molar-refractivity contribution >= 4 is 23.8 Å². The van der Waals surface area contributed by atoms with E-state index in [1.165, 1.54) is 11.1 Å². The molecule has 4 rings (SSSR count). The van der Waals surface area contributed by atoms with Crippen LogP contribution in [0.25, 0.3) is 11.3 Å². The summed E-state index contributed by atoms with van der Waals surface area (Å²) in [6.07, 6.45) is 9.09. The maximum absolute atomic E-state index is 6.44. The Labute approximate surface area is 177 Å². The summed E-state index contributed by atoms with van der Waals surface area (Å²) < 4.78 is 5.11. The third kappa shape index (κ3) is 5.13. The molecule has 1 saturated carbocycles. The van der Waals surface area contributed by atoms with Crippen LogP contribution in [0.3, 0.4) is 0 Å². The van der Waals surface area contributed by atoms with Crippen molar-refractivity contribution in [3.63, 3.8) is 0 Å². The lowest BCUT2D eigenvalue weighted by molar-refractivity contribution is 0.191. The zero-order chi connectivity index (χ0) is 20.1. The molecule has 0 saturated heterocycles. The number of hydrogen-bond acceptors (Lipinski definition) is 6. The number of ether oxygens (including phenoxy) is 1. The van der Waals surface area contributed by atoms with Crippen LogP contribution < -0.4 is 10.6 Å². The fourth-order valence-electron chi connectivity index (χ4n) is 4.07. The van der Waals surface area contributed by atoms with Crippen LogP contribution in [-0.2, 0) is 11.2 Å². The molecule has 29 heavy (non-hydrogen) atoms. The summed E-state index contributed by atoms with van der Waals surface area (Å²) in [5.41, 5.74) is 4.28. The van der Waals surface area contributed by atoms with Crippen LogP contribution in [0.4, 0.5) is 5.95 Å². The molecule has 1 aromatic heterocycles. The molecule has 7 heteroatoms. The predicted octanol–water partition coefficient (Wildman–Crippen LogP) is 3.73. The smallest absolute Gasteiger partial charge is 0.223 e. The lowest BCUT2D eigenvalue weighted by Gasteiger charge is -2.29. The summed E-state index contributed by atoms with van der Waals surface area (Å²) in [4.78, 5) is 13.5. The molecule has 0 amide bonds. The van der Waals surface area contributed by atoms with Gasteiger partial charge in [-0.05, 0) is 49.3 Å². The van der Waals surface area contributed by atoms with Crippen LogP contribution in [-0.4, -0.2) is 55.1 Å². The van der Waals surface area contributed by atoms with Gasteiger partial charge in [0.2, 0.25) is 5.95 Å². The number of benzene rings is 1. The Morgan fingerprint density at radius 2 is 2.00 bits per heavy atom. The SMILES string of the molecule is COCCNC1CCC(Nc2ncc(Cl)c(-c3ccc4c(c3)CCN=C4)n2)CC1. The van der Waals surface area contributed by atoms with E-state index in [1.807, 2.05) is 6.21 Å². The van der Waals surface area contributed by atoms with Crippen molar-refractivity contribution in [2.45, 2.75) is 44.2 Å². The highest BCUT2D eigenvalue weighted by Crippen LogP contribution is 2.29. The summed E-state index contributed by atoms with van der Waals surface area (Å²) in [6, 6.07) is 7.30. The average Bonchev–Trinajstić information content (AvgIpc) is 2.76. The molecule has 0 unspecified atom stereocenters. The number of nitrogens with one attached hydrogen (secondary N) is 2. The van der Waals surface area contributed by atoms with Crippen molar-refractivity contribution in [2.24, 2.45) is 4.99 Å². The summed E-state index contributed by atoms with van der Waals surface area (Å²) in [5, 5.41) is 7.65. The summed E-state index contributed by atoms with van der Waals surface area (Å²) in [6.45, 7) is 2.51. The van der Waals surface area contributed by atoms with Crippen LogP contribution in [0.5, 0.6) is 0 Å². The van der Waals surface area contributed by atoms with Crippen molar-refractivity contribution in [1.29, 1.82) is 0 Å². The van der Waals surface area contributed by atoms with Gasteiger partial charge in [-0.3, -0.25) is 4.99 Å². The second-order valence-corrected chi connectivity index (χ2v) is 8.14. The van der Waals surface area contributed by atoms with Gasteiger partial charge in [0.05, 0.1) is 23.5 Å². The Morgan fingerprint density at radius 1 is 1.17 bits per heavy atom. The molecule has 0 atom stereocenters. The first kappa shape index (κ1) is 20.3. The molecule has 1 fully saturated rings. The molecule has 2 heterocycles. The molecule has 2 N–H and O–H groups in total. The van der Waals surface area contributed by atoms with Gasteiger partial charge in [-0.25, -0.2) is 9.97 Å². The first-order valence-corrected chi connectivity index (χ1v) is 10.8. The number of halogens is 1. The molecule has 2 aromatic rings. The Balaban J connectivity index is 1.41. The Hall–Kier alpha value is -2.02. The predicted molar refractivity (Wildman–Crippen MR) is 118 cm³/mol. The van der Waals surface area contributed by atoms with Gasteiger partial charge in [-0.2, -0.15) is 0 Å². The van der Waals surface area contributed by atoms with Gasteiger partial charge in [-0.15, -0.1) is 0 Å². The van der Waals surface area contributed by atoms with Gasteiger partial charge >= 0.3 is 0 Å². The highest BCUT2D eigenvalue weighted by molar-refractivity contribution is 6.32. The number of anilines is 1. The minimum absolute atomic E-state index is 0.393. The number of rotatable bonds is 7. The van der Waals surface area contributed by atoms with Gasteiger partial charge in [0.25, 0.3) is 0 Å². The van der Waals surface area contributed by atoms with E-state index in [1.54, 1.807) is 13.3 Å². The molecule has 154 valence electrons. The zero-order valence-electron chi connectivity index (χ0n) is 16.8. The highest BCUT2D eigenvalue weighted by atomic mass is 35.5. The van der Waals surface area contributed by atoms with Gasteiger partial charge in [0.15, 0.2) is 0 Å². The second-order valence-electron chi connectivity index (χ2n) is 7.73. The van der Waals surface area contributed by atoms with E-state index in [-0.39, 0.29) is 0 Å². The van der Waals surface area contributed by atoms with E-state index in [0.717, 1.165) is 63.1 Å². The Bertz CT molecular complexity index is 864. The first-order chi connectivity index (χ1) is 14.2. The zero-order valence-corrected chi connectivity index (χ0v) is 17.6. The van der Waals surface area contributed by atoms with E-state index in [4.69, 9.17) is 21.3 Å². The molecule has 0 bridgehead atoms. The second kappa shape index (κ2) is 9.65. The maximum atomic E-state index is 6.44. The largest absolute Gasteiger partial charge is 0.383 e. The molecule has 1 aromatic carbocycles. The van der Waals surface area contributed by atoms with Crippen molar-refractivity contribution in [1.82, 2.24) is 15.3 Å². The quantitative estimate of drug-likeness (QED) is 0.676. The number of methoxy groups -OCH3 is 1. The lowest BCUT2D eigenvalue weighted by atomic mass is 9.91. The van der Waals surface area contributed by atoms with Gasteiger partial charge < -0.3 is 15.4 Å². The van der Waals surface area contributed by atoms with Crippen LogP contribution >= 0.6 is 11.6 Å². The minimum atomic E-state index is 0.393. The standard InChI is InChI=1S/C22H28ClN5O/c1-29-11-10-25-18-4-6-19(7-5-18)27-22-26-14-20(23)21(28-22)16-2-3-17-13-24-9-8-15(17)12-16/h2-3,12-14,18-19,25H,4-11H2,1H3,(H,26,27,28). The summed E-state index contributed by atoms with van der Waals surface area (Å²) in [5.74, 6) is 0.652. The number of hydrogen-bond donors (Lipinski definition) is 2. The lowest BCUT2D eigenvalue weighted by Crippen LogP contribution is -2.38. The number of aliphatic imine (C=N–C) groups is 1. The van der Waals surface area contributed by atoms with Crippen molar-refractivity contribution < 1.29 is 4.74 Å². The first-order valence-electron chi connectivity index (χ1n) is 10.4. The van der Waals surface area contributed by atoms with Crippen LogP contribution in [0, 0.1) is 0 Å². The molecule has 1 aliphatic carbocycles. The van der Waals surface area contributed by atoms with Crippen LogP contribution in [0.1, 0.15) is 36.8 Å². The molecular formula is C22H28ClN5O. The van der Waals surface area contributed by atoms with E-state index < -0.39 is 0 Å². The fraction of sp³-hybridized carbons (Fsp3) is 0.500. The van der Waals surface area contributed by atoms with Crippen LogP contribution in [0.15, 0.2) is 29.4 Å². The third-order valence-electron chi connectivity index (χ3n) is 5.70. The Morgan fingerprint density at radius 3 is 2.83 bits per heavy atom. The number of nitrogens with zero attached hydrogens (tertiary/aromatic N) is 3. The average molecular weight is 414 g/mol. The topological polar surface area (TPSA) is 71.4 Å². The maximum Gasteiger partial charge on any atom is 0.223 e. The third-order valence-corrected chi connectivity index (χ3v) is 5.98. The van der Waals surface area contributed by atoms with Crippen LogP contribution in [0.2, 0.25) is 5.02 Å². The summed E-state index contributed by atoms with van der Waals surface area (Å²) >= 11 is 6.44. The van der Waals surface area contributed by atoms with E-state index in [9.17, 15) is 0 Å². The van der Waals surface area contributed by atoms with Crippen molar-refractivity contribution in [3.05, 3.63) is 40.5 Å². The van der Waals surface area contributed by atoms with Gasteiger partial charge in [0, 0.05) is 44.1 Å². The fourth-order valence-corrected chi connectivity index (χ4v) is 4.27. The molecule has 6 nitrogen and oxygen atoms in total. The van der Waals surface area contributed by atoms with E-state index in [2.05, 4.69) is 38.8 Å². The van der Waals surface area contributed by atoms with Crippen molar-refractivity contribution in [3.8, 4) is 11.3 Å².